The first-order chi connectivity index (χ1) is 16.3. The topological polar surface area (TPSA) is 103 Å². The van der Waals surface area contributed by atoms with Gasteiger partial charge in [-0.05, 0) is 35.9 Å². The molecule has 0 saturated heterocycles. The van der Waals surface area contributed by atoms with Crippen LogP contribution in [0.5, 0.6) is 0 Å². The van der Waals surface area contributed by atoms with Crippen LogP contribution in [-0.4, -0.2) is 45.6 Å². The maximum Gasteiger partial charge on any atom is 0.272 e. The van der Waals surface area contributed by atoms with Gasteiger partial charge in [0.2, 0.25) is 0 Å². The molecule has 33 heavy (non-hydrogen) atoms. The van der Waals surface area contributed by atoms with Crippen LogP contribution in [0.4, 0.5) is 0 Å². The van der Waals surface area contributed by atoms with Gasteiger partial charge in [-0.3, -0.25) is 13.9 Å². The molecule has 6 aromatic rings. The van der Waals surface area contributed by atoms with Crippen molar-refractivity contribution < 1.29 is 4.79 Å². The Balaban J connectivity index is 1.23. The van der Waals surface area contributed by atoms with Crippen molar-refractivity contribution >= 4 is 45.2 Å². The fourth-order valence-corrected chi connectivity index (χ4v) is 4.46. The van der Waals surface area contributed by atoms with Crippen molar-refractivity contribution in [3.05, 3.63) is 83.9 Å². The highest BCUT2D eigenvalue weighted by Gasteiger charge is 2.17. The first kappa shape index (κ1) is 19.5. The highest BCUT2D eigenvalue weighted by Crippen LogP contribution is 2.21. The van der Waals surface area contributed by atoms with Gasteiger partial charge >= 0.3 is 0 Å². The van der Waals surface area contributed by atoms with Crippen molar-refractivity contribution in [1.29, 1.82) is 0 Å². The van der Waals surface area contributed by atoms with Crippen LogP contribution < -0.4 is 5.32 Å². The normalized spacial score (nSPS) is 11.5. The summed E-state index contributed by atoms with van der Waals surface area (Å²) in [7, 11) is 0. The fourth-order valence-electron chi connectivity index (χ4n) is 3.95. The van der Waals surface area contributed by atoms with Gasteiger partial charge in [-0.25, -0.2) is 0 Å². The van der Waals surface area contributed by atoms with Crippen LogP contribution in [0, 0.1) is 0 Å². The molecule has 4 heterocycles. The van der Waals surface area contributed by atoms with E-state index >= 15 is 0 Å². The summed E-state index contributed by atoms with van der Waals surface area (Å²) < 4.78 is 12.3. The quantitative estimate of drug-likeness (QED) is 0.415. The third-order valence-electron chi connectivity index (χ3n) is 5.54. The molecule has 0 bridgehead atoms. The van der Waals surface area contributed by atoms with Crippen molar-refractivity contribution in [3.8, 4) is 0 Å². The summed E-state index contributed by atoms with van der Waals surface area (Å²) in [4.78, 5) is 13.0. The molecule has 0 atom stereocenters. The molecule has 0 saturated carbocycles. The molecule has 0 unspecified atom stereocenters. The van der Waals surface area contributed by atoms with Crippen LogP contribution in [0.3, 0.4) is 0 Å². The Kier molecular flexibility index (Phi) is 4.76. The summed E-state index contributed by atoms with van der Waals surface area (Å²) in [6.45, 7) is 0.968. The zero-order valence-corrected chi connectivity index (χ0v) is 18.2. The molecule has 0 fully saturated rings. The standard InChI is InChI=1S/C23H18N8OS/c32-23(24-11-10-21-26-25-20-7-3-4-12-30(20)21)22-16-5-1-2-6-19(16)31(27-22)14-15-8-9-17-18(13-15)29-33-28-17/h1-9,12-13H,10-11,14H2,(H,24,32). The molecule has 162 valence electrons. The smallest absolute Gasteiger partial charge is 0.272 e. The van der Waals surface area contributed by atoms with E-state index in [1.54, 1.807) is 0 Å². The van der Waals surface area contributed by atoms with Gasteiger partial charge in [0.25, 0.3) is 5.91 Å². The lowest BCUT2D eigenvalue weighted by Gasteiger charge is -2.04. The summed E-state index contributed by atoms with van der Waals surface area (Å²) in [5.41, 5.74) is 4.91. The van der Waals surface area contributed by atoms with Gasteiger partial charge in [0, 0.05) is 24.5 Å². The van der Waals surface area contributed by atoms with E-state index in [4.69, 9.17) is 0 Å². The van der Waals surface area contributed by atoms with Gasteiger partial charge in [-0.2, -0.15) is 13.8 Å². The van der Waals surface area contributed by atoms with E-state index < -0.39 is 0 Å². The van der Waals surface area contributed by atoms with E-state index in [-0.39, 0.29) is 5.91 Å². The number of rotatable bonds is 6. The van der Waals surface area contributed by atoms with Crippen molar-refractivity contribution in [2.75, 3.05) is 6.54 Å². The first-order valence-electron chi connectivity index (χ1n) is 10.5. The molecule has 6 rings (SSSR count). The number of hydrogen-bond donors (Lipinski definition) is 1. The van der Waals surface area contributed by atoms with E-state index in [9.17, 15) is 4.79 Å². The van der Waals surface area contributed by atoms with Crippen LogP contribution in [-0.2, 0) is 13.0 Å². The summed E-state index contributed by atoms with van der Waals surface area (Å²) in [5.74, 6) is 0.589. The Bertz CT molecular complexity index is 1620. The zero-order valence-electron chi connectivity index (χ0n) is 17.4. The van der Waals surface area contributed by atoms with Crippen molar-refractivity contribution in [2.45, 2.75) is 13.0 Å². The van der Waals surface area contributed by atoms with Crippen LogP contribution in [0.25, 0.3) is 27.6 Å². The Labute approximate surface area is 192 Å². The molecule has 4 aromatic heterocycles. The molecule has 9 nitrogen and oxygen atoms in total. The Hall–Kier alpha value is -4.18. The Morgan fingerprint density at radius 1 is 0.970 bits per heavy atom. The lowest BCUT2D eigenvalue weighted by molar-refractivity contribution is 0.0949. The average molecular weight is 455 g/mol. The third-order valence-corrected chi connectivity index (χ3v) is 6.10. The van der Waals surface area contributed by atoms with Crippen molar-refractivity contribution in [2.24, 2.45) is 0 Å². The minimum atomic E-state index is -0.210. The highest BCUT2D eigenvalue weighted by atomic mass is 32.1. The molecule has 0 aliphatic heterocycles. The highest BCUT2D eigenvalue weighted by molar-refractivity contribution is 7.00. The molecular weight excluding hydrogens is 436 g/mol. The molecule has 0 aliphatic rings. The van der Waals surface area contributed by atoms with Crippen molar-refractivity contribution in [1.82, 2.24) is 38.4 Å². The number of amides is 1. The predicted molar refractivity (Wildman–Crippen MR) is 125 cm³/mol. The molecule has 0 radical (unpaired) electrons. The van der Waals surface area contributed by atoms with E-state index in [2.05, 4.69) is 29.4 Å². The number of carbonyl (C=O) groups excluding carboxylic acids is 1. The van der Waals surface area contributed by atoms with Crippen LogP contribution in [0.1, 0.15) is 21.9 Å². The maximum absolute atomic E-state index is 13.0. The van der Waals surface area contributed by atoms with Gasteiger partial charge in [0.05, 0.1) is 23.8 Å². The summed E-state index contributed by atoms with van der Waals surface area (Å²) in [5, 5.41) is 16.8. The molecular formula is C23H18N8OS. The largest absolute Gasteiger partial charge is 0.350 e. The number of hydrogen-bond acceptors (Lipinski definition) is 7. The van der Waals surface area contributed by atoms with Crippen LogP contribution in [0.15, 0.2) is 66.9 Å². The Morgan fingerprint density at radius 3 is 2.82 bits per heavy atom. The van der Waals surface area contributed by atoms with Gasteiger partial charge in [-0.1, -0.05) is 30.3 Å². The lowest BCUT2D eigenvalue weighted by atomic mass is 10.2. The number of nitrogens with one attached hydrogen (secondary N) is 1. The van der Waals surface area contributed by atoms with E-state index in [0.717, 1.165) is 39.0 Å². The summed E-state index contributed by atoms with van der Waals surface area (Å²) in [6.07, 6.45) is 2.48. The van der Waals surface area contributed by atoms with Crippen LogP contribution >= 0.6 is 11.7 Å². The fraction of sp³-hybridized carbons (Fsp3) is 0.130. The molecule has 0 spiro atoms. The van der Waals surface area contributed by atoms with Gasteiger partial charge < -0.3 is 5.32 Å². The number of carbonyl (C=O) groups is 1. The van der Waals surface area contributed by atoms with E-state index in [1.807, 2.05) is 75.9 Å². The van der Waals surface area contributed by atoms with Gasteiger partial charge in [-0.15, -0.1) is 10.2 Å². The minimum Gasteiger partial charge on any atom is -0.350 e. The second kappa shape index (κ2) is 8.06. The molecule has 10 heteroatoms. The third kappa shape index (κ3) is 3.60. The number of para-hydroxylation sites is 1. The van der Waals surface area contributed by atoms with Gasteiger partial charge in [0.15, 0.2) is 11.3 Å². The lowest BCUT2D eigenvalue weighted by Crippen LogP contribution is -2.27. The average Bonchev–Trinajstić information content (AvgIpc) is 3.57. The van der Waals surface area contributed by atoms with Gasteiger partial charge in [0.1, 0.15) is 16.9 Å². The monoisotopic (exact) mass is 454 g/mol. The van der Waals surface area contributed by atoms with E-state index in [0.29, 0.717) is 25.2 Å². The number of benzene rings is 2. The Morgan fingerprint density at radius 2 is 1.85 bits per heavy atom. The number of fused-ring (bicyclic) bond motifs is 3. The van der Waals surface area contributed by atoms with Crippen molar-refractivity contribution in [3.63, 3.8) is 0 Å². The molecule has 2 aromatic carbocycles. The maximum atomic E-state index is 13.0. The number of nitrogens with zero attached hydrogens (tertiary/aromatic N) is 7. The molecule has 1 N–H and O–H groups in total. The summed E-state index contributed by atoms with van der Waals surface area (Å²) in [6, 6.07) is 19.5. The first-order valence-corrected chi connectivity index (χ1v) is 11.2. The molecule has 0 aliphatic carbocycles. The SMILES string of the molecule is O=C(NCCc1nnc2ccccn12)c1nn(Cc2ccc3nsnc3c2)c2ccccc12. The number of aromatic nitrogens is 7. The second-order valence-corrected chi connectivity index (χ2v) is 8.19. The van der Waals surface area contributed by atoms with E-state index in [1.165, 1.54) is 11.7 Å². The second-order valence-electron chi connectivity index (χ2n) is 7.66. The number of pyridine rings is 1. The minimum absolute atomic E-state index is 0.210. The predicted octanol–water partition coefficient (Wildman–Crippen LogP) is 3.10. The zero-order chi connectivity index (χ0) is 22.2. The van der Waals surface area contributed by atoms with Crippen LogP contribution in [0.2, 0.25) is 0 Å². The summed E-state index contributed by atoms with van der Waals surface area (Å²) >= 11 is 1.20. The molecule has 1 amide bonds.